The minimum absolute atomic E-state index is 0.470. The first kappa shape index (κ1) is 10.7. The molecule has 0 bridgehead atoms. The van der Waals surface area contributed by atoms with Gasteiger partial charge in [-0.1, -0.05) is 25.5 Å². The molecule has 0 spiro atoms. The summed E-state index contributed by atoms with van der Waals surface area (Å²) in [6.07, 6.45) is 9.45. The molecule has 0 aliphatic carbocycles. The van der Waals surface area contributed by atoms with Crippen molar-refractivity contribution in [2.75, 3.05) is 13.1 Å². The topological polar surface area (TPSA) is 32.3 Å². The molecule has 0 saturated carbocycles. The molecule has 2 N–H and O–H groups in total. The second kappa shape index (κ2) is 5.40. The SMILES string of the molecule is CCC/C=C/CC1(O)CCCNC1. The average Bonchev–Trinajstić information content (AvgIpc) is 2.14. The van der Waals surface area contributed by atoms with Gasteiger partial charge in [-0.15, -0.1) is 0 Å². The van der Waals surface area contributed by atoms with E-state index in [0.29, 0.717) is 0 Å². The zero-order chi connectivity index (χ0) is 9.57. The van der Waals surface area contributed by atoms with Crippen LogP contribution in [0.25, 0.3) is 0 Å². The number of rotatable bonds is 4. The van der Waals surface area contributed by atoms with Gasteiger partial charge in [0.25, 0.3) is 0 Å². The fourth-order valence-electron chi connectivity index (χ4n) is 1.71. The molecular formula is C11H21NO. The zero-order valence-electron chi connectivity index (χ0n) is 8.55. The molecule has 2 nitrogen and oxygen atoms in total. The van der Waals surface area contributed by atoms with Crippen LogP contribution in [0.2, 0.25) is 0 Å². The summed E-state index contributed by atoms with van der Waals surface area (Å²) in [5.74, 6) is 0. The van der Waals surface area contributed by atoms with Crippen molar-refractivity contribution in [3.63, 3.8) is 0 Å². The molecule has 13 heavy (non-hydrogen) atoms. The molecule has 1 atom stereocenters. The third-order valence-corrected chi connectivity index (χ3v) is 2.57. The molecule has 1 saturated heterocycles. The van der Waals surface area contributed by atoms with Crippen LogP contribution in [0.1, 0.15) is 39.0 Å². The van der Waals surface area contributed by atoms with Crippen molar-refractivity contribution in [3.8, 4) is 0 Å². The average molecular weight is 183 g/mol. The van der Waals surface area contributed by atoms with Crippen molar-refractivity contribution in [1.29, 1.82) is 0 Å². The Labute approximate surface area is 81.0 Å². The molecule has 0 aromatic heterocycles. The lowest BCUT2D eigenvalue weighted by molar-refractivity contribution is 0.0194. The summed E-state index contributed by atoms with van der Waals surface area (Å²) in [7, 11) is 0. The minimum Gasteiger partial charge on any atom is -0.388 e. The highest BCUT2D eigenvalue weighted by atomic mass is 16.3. The number of piperidine rings is 1. The third kappa shape index (κ3) is 3.92. The highest BCUT2D eigenvalue weighted by Gasteiger charge is 2.27. The lowest BCUT2D eigenvalue weighted by Gasteiger charge is -2.31. The monoisotopic (exact) mass is 183 g/mol. The minimum atomic E-state index is -0.470. The first-order valence-corrected chi connectivity index (χ1v) is 5.35. The molecule has 76 valence electrons. The molecule has 1 heterocycles. The molecular weight excluding hydrogens is 162 g/mol. The predicted molar refractivity (Wildman–Crippen MR) is 55.7 cm³/mol. The molecule has 0 aromatic rings. The van der Waals surface area contributed by atoms with Crippen LogP contribution in [-0.4, -0.2) is 23.8 Å². The van der Waals surface area contributed by atoms with Gasteiger partial charge in [0, 0.05) is 6.54 Å². The second-order valence-electron chi connectivity index (χ2n) is 3.97. The van der Waals surface area contributed by atoms with Crippen LogP contribution >= 0.6 is 0 Å². The van der Waals surface area contributed by atoms with Crippen LogP contribution in [0.15, 0.2) is 12.2 Å². The van der Waals surface area contributed by atoms with Gasteiger partial charge in [-0.3, -0.25) is 0 Å². The first-order valence-electron chi connectivity index (χ1n) is 5.35. The Bertz CT molecular complexity index is 159. The molecule has 0 aromatic carbocycles. The third-order valence-electron chi connectivity index (χ3n) is 2.57. The number of hydrogen-bond acceptors (Lipinski definition) is 2. The van der Waals surface area contributed by atoms with Gasteiger partial charge in [-0.05, 0) is 32.2 Å². The number of nitrogens with one attached hydrogen (secondary N) is 1. The molecule has 1 rings (SSSR count). The van der Waals surface area contributed by atoms with E-state index in [4.69, 9.17) is 0 Å². The largest absolute Gasteiger partial charge is 0.388 e. The Morgan fingerprint density at radius 1 is 1.46 bits per heavy atom. The summed E-state index contributed by atoms with van der Waals surface area (Å²) in [5, 5.41) is 13.3. The normalized spacial score (nSPS) is 29.7. The van der Waals surface area contributed by atoms with E-state index in [2.05, 4.69) is 24.4 Å². The second-order valence-corrected chi connectivity index (χ2v) is 3.97. The molecule has 1 aliphatic heterocycles. The summed E-state index contributed by atoms with van der Waals surface area (Å²) in [5.41, 5.74) is -0.470. The van der Waals surface area contributed by atoms with E-state index in [1.165, 1.54) is 6.42 Å². The molecule has 1 fully saturated rings. The molecule has 1 aliphatic rings. The van der Waals surface area contributed by atoms with Crippen LogP contribution in [-0.2, 0) is 0 Å². The summed E-state index contributed by atoms with van der Waals surface area (Å²) < 4.78 is 0. The van der Waals surface area contributed by atoms with E-state index in [9.17, 15) is 5.11 Å². The Morgan fingerprint density at radius 3 is 2.92 bits per heavy atom. The van der Waals surface area contributed by atoms with Crippen LogP contribution in [0.5, 0.6) is 0 Å². The Hall–Kier alpha value is -0.340. The first-order chi connectivity index (χ1) is 6.27. The van der Waals surface area contributed by atoms with Crippen molar-refractivity contribution in [2.45, 2.75) is 44.6 Å². The predicted octanol–water partition coefficient (Wildman–Crippen LogP) is 1.85. The molecule has 1 unspecified atom stereocenters. The number of allylic oxidation sites excluding steroid dienone is 1. The van der Waals surface area contributed by atoms with E-state index in [-0.39, 0.29) is 0 Å². The zero-order valence-corrected chi connectivity index (χ0v) is 8.55. The van der Waals surface area contributed by atoms with Gasteiger partial charge in [0.15, 0.2) is 0 Å². The lowest BCUT2D eigenvalue weighted by atomic mass is 9.90. The fourth-order valence-corrected chi connectivity index (χ4v) is 1.71. The Balaban J connectivity index is 2.24. The summed E-state index contributed by atoms with van der Waals surface area (Å²) >= 11 is 0. The number of unbranched alkanes of at least 4 members (excludes halogenated alkanes) is 1. The van der Waals surface area contributed by atoms with Gasteiger partial charge < -0.3 is 10.4 Å². The molecule has 0 amide bonds. The van der Waals surface area contributed by atoms with Crippen molar-refractivity contribution in [2.24, 2.45) is 0 Å². The Morgan fingerprint density at radius 2 is 2.31 bits per heavy atom. The number of hydrogen-bond donors (Lipinski definition) is 2. The molecule has 2 heteroatoms. The van der Waals surface area contributed by atoms with Gasteiger partial charge >= 0.3 is 0 Å². The summed E-state index contributed by atoms with van der Waals surface area (Å²) in [6, 6.07) is 0. The van der Waals surface area contributed by atoms with E-state index in [1.54, 1.807) is 0 Å². The van der Waals surface area contributed by atoms with Crippen LogP contribution in [0, 0.1) is 0 Å². The van der Waals surface area contributed by atoms with Gasteiger partial charge in [0.1, 0.15) is 0 Å². The standard InChI is InChI=1S/C11H21NO/c1-2-3-4-5-7-11(13)8-6-9-12-10-11/h4-5,12-13H,2-3,6-10H2,1H3/b5-4+. The smallest absolute Gasteiger partial charge is 0.0806 e. The highest BCUT2D eigenvalue weighted by molar-refractivity contribution is 4.94. The maximum Gasteiger partial charge on any atom is 0.0806 e. The van der Waals surface area contributed by atoms with Crippen LogP contribution in [0.3, 0.4) is 0 Å². The van der Waals surface area contributed by atoms with Crippen molar-refractivity contribution in [1.82, 2.24) is 5.32 Å². The summed E-state index contributed by atoms with van der Waals surface area (Å²) in [6.45, 7) is 3.98. The van der Waals surface area contributed by atoms with Crippen LogP contribution in [0.4, 0.5) is 0 Å². The van der Waals surface area contributed by atoms with Crippen LogP contribution < -0.4 is 5.32 Å². The van der Waals surface area contributed by atoms with E-state index in [1.807, 2.05) is 0 Å². The Kier molecular flexibility index (Phi) is 4.46. The van der Waals surface area contributed by atoms with Crippen molar-refractivity contribution in [3.05, 3.63) is 12.2 Å². The fraction of sp³-hybridized carbons (Fsp3) is 0.818. The van der Waals surface area contributed by atoms with Gasteiger partial charge in [-0.25, -0.2) is 0 Å². The number of β-amino-alcohol motifs (C(OH)–C–C–N with tert-alkyl or cyclic N) is 1. The quantitative estimate of drug-likeness (QED) is 0.652. The van der Waals surface area contributed by atoms with E-state index >= 15 is 0 Å². The van der Waals surface area contributed by atoms with E-state index in [0.717, 1.165) is 38.8 Å². The van der Waals surface area contributed by atoms with Gasteiger partial charge in [0.05, 0.1) is 5.60 Å². The lowest BCUT2D eigenvalue weighted by Crippen LogP contribution is -2.45. The van der Waals surface area contributed by atoms with Gasteiger partial charge in [0.2, 0.25) is 0 Å². The molecule has 0 radical (unpaired) electrons. The highest BCUT2D eigenvalue weighted by Crippen LogP contribution is 2.20. The maximum absolute atomic E-state index is 10.1. The van der Waals surface area contributed by atoms with Crippen molar-refractivity contribution >= 4 is 0 Å². The van der Waals surface area contributed by atoms with Crippen molar-refractivity contribution < 1.29 is 5.11 Å². The van der Waals surface area contributed by atoms with E-state index < -0.39 is 5.60 Å². The number of aliphatic hydroxyl groups is 1. The van der Waals surface area contributed by atoms with Gasteiger partial charge in [-0.2, -0.15) is 0 Å². The maximum atomic E-state index is 10.1. The summed E-state index contributed by atoms with van der Waals surface area (Å²) in [4.78, 5) is 0.